The van der Waals surface area contributed by atoms with E-state index in [0.717, 1.165) is 10.2 Å². The van der Waals surface area contributed by atoms with Crippen LogP contribution in [-0.2, 0) is 14.8 Å². The molecule has 0 aliphatic heterocycles. The Balaban J connectivity index is 1.95. The van der Waals surface area contributed by atoms with Crippen molar-refractivity contribution in [3.8, 4) is 6.07 Å². The molecule has 0 bridgehead atoms. The van der Waals surface area contributed by atoms with E-state index >= 15 is 0 Å². The molecular formula is C22H22N4O3S3. The molecule has 1 aromatic heterocycles. The number of carbonyl (C=O) groups is 1. The molecule has 0 atom stereocenters. The molecule has 2 aromatic carbocycles. The van der Waals surface area contributed by atoms with Crippen LogP contribution >= 0.6 is 23.6 Å². The Kier molecular flexibility index (Phi) is 7.26. The fraction of sp³-hybridized carbons (Fsp3) is 0.227. The molecule has 166 valence electrons. The molecule has 2 N–H and O–H groups in total. The predicted molar refractivity (Wildman–Crippen MR) is 131 cm³/mol. The van der Waals surface area contributed by atoms with Crippen molar-refractivity contribution >= 4 is 61.5 Å². The van der Waals surface area contributed by atoms with E-state index in [1.807, 2.05) is 38.1 Å². The molecule has 3 rings (SSSR count). The summed E-state index contributed by atoms with van der Waals surface area (Å²) in [6, 6.07) is 13.3. The maximum Gasteiger partial charge on any atom is 0.269 e. The number of nitrogens with zero attached hydrogens (tertiary/aromatic N) is 2. The molecule has 0 spiro atoms. The molecule has 0 radical (unpaired) electrons. The Bertz CT molecular complexity index is 1380. The third kappa shape index (κ3) is 5.14. The average Bonchev–Trinajstić information content (AvgIpc) is 3.11. The number of aromatic amines is 1. The number of hydrogen-bond acceptors (Lipinski definition) is 6. The van der Waals surface area contributed by atoms with Crippen LogP contribution in [0.1, 0.15) is 26.3 Å². The summed E-state index contributed by atoms with van der Waals surface area (Å²) < 4.78 is 28.2. The summed E-state index contributed by atoms with van der Waals surface area (Å²) in [5.74, 6) is -0.440. The molecular weight excluding hydrogens is 464 g/mol. The lowest BCUT2D eigenvalue weighted by atomic mass is 10.1. The van der Waals surface area contributed by atoms with Gasteiger partial charge in [0.15, 0.2) is 3.95 Å². The van der Waals surface area contributed by atoms with Gasteiger partial charge in [-0.1, -0.05) is 19.1 Å². The summed E-state index contributed by atoms with van der Waals surface area (Å²) in [5.41, 5.74) is 2.05. The Morgan fingerprint density at radius 2 is 1.97 bits per heavy atom. The van der Waals surface area contributed by atoms with Crippen LogP contribution in [0.2, 0.25) is 0 Å². The van der Waals surface area contributed by atoms with Crippen LogP contribution in [0.15, 0.2) is 52.9 Å². The molecule has 32 heavy (non-hydrogen) atoms. The highest BCUT2D eigenvalue weighted by molar-refractivity contribution is 7.89. The molecule has 0 aliphatic carbocycles. The summed E-state index contributed by atoms with van der Waals surface area (Å²) in [4.78, 5) is 18.0. The van der Waals surface area contributed by atoms with E-state index < -0.39 is 15.9 Å². The predicted octanol–water partition coefficient (Wildman–Crippen LogP) is 4.61. The van der Waals surface area contributed by atoms with Crippen LogP contribution in [-0.4, -0.2) is 31.9 Å². The molecule has 3 aromatic rings. The Labute approximate surface area is 196 Å². The number of H-pyrrole nitrogens is 1. The monoisotopic (exact) mass is 486 g/mol. The number of sulfonamides is 1. The van der Waals surface area contributed by atoms with Crippen LogP contribution in [0, 0.1) is 15.3 Å². The molecule has 0 aliphatic rings. The first-order valence-corrected chi connectivity index (χ1v) is 12.5. The van der Waals surface area contributed by atoms with Gasteiger partial charge in [0.2, 0.25) is 10.0 Å². The summed E-state index contributed by atoms with van der Waals surface area (Å²) in [6.07, 6.45) is 1.46. The summed E-state index contributed by atoms with van der Waals surface area (Å²) in [6.45, 7) is 5.72. The lowest BCUT2D eigenvalue weighted by Crippen LogP contribution is -2.37. The highest BCUT2D eigenvalue weighted by Crippen LogP contribution is 2.28. The highest BCUT2D eigenvalue weighted by Gasteiger charge is 2.23. The first-order valence-electron chi connectivity index (χ1n) is 9.84. The highest BCUT2D eigenvalue weighted by atomic mass is 32.2. The number of amides is 1. The average molecular weight is 487 g/mol. The smallest absolute Gasteiger partial charge is 0.269 e. The van der Waals surface area contributed by atoms with Gasteiger partial charge in [0, 0.05) is 18.3 Å². The standard InChI is InChI=1S/C22H22N4O3S3/c1-4-24-32(28,29)18-8-5-15(6-9-18)11-16(13-23)21(27)26(14(2)3)17-7-10-19-20(12-17)31-22(30)25-19/h5-12,14,24H,4H2,1-3H3,(H,25,30). The van der Waals surface area contributed by atoms with E-state index in [0.29, 0.717) is 15.2 Å². The number of nitrogens with one attached hydrogen (secondary N) is 2. The number of carbonyl (C=O) groups excluding carboxylic acids is 1. The number of thiazole rings is 1. The molecule has 0 saturated heterocycles. The summed E-state index contributed by atoms with van der Waals surface area (Å²) in [7, 11) is -3.57. The van der Waals surface area contributed by atoms with Crippen molar-refractivity contribution in [2.24, 2.45) is 0 Å². The number of benzene rings is 2. The zero-order valence-corrected chi connectivity index (χ0v) is 20.2. The minimum atomic E-state index is -3.57. The fourth-order valence-corrected chi connectivity index (χ4v) is 5.38. The zero-order chi connectivity index (χ0) is 23.5. The molecule has 7 nitrogen and oxygen atoms in total. The number of aromatic nitrogens is 1. The van der Waals surface area contributed by atoms with Crippen LogP contribution in [0.4, 0.5) is 5.69 Å². The van der Waals surface area contributed by atoms with Crippen molar-refractivity contribution < 1.29 is 13.2 Å². The van der Waals surface area contributed by atoms with Gasteiger partial charge in [-0.25, -0.2) is 13.1 Å². The van der Waals surface area contributed by atoms with E-state index in [1.165, 1.54) is 29.5 Å². The zero-order valence-electron chi connectivity index (χ0n) is 17.7. The minimum Gasteiger partial charge on any atom is -0.337 e. The largest absolute Gasteiger partial charge is 0.337 e. The lowest BCUT2D eigenvalue weighted by molar-refractivity contribution is -0.115. The third-order valence-corrected chi connectivity index (χ3v) is 7.36. The van der Waals surface area contributed by atoms with Gasteiger partial charge in [0.25, 0.3) is 5.91 Å². The van der Waals surface area contributed by atoms with Crippen LogP contribution < -0.4 is 9.62 Å². The molecule has 1 heterocycles. The van der Waals surface area contributed by atoms with Crippen molar-refractivity contribution in [3.05, 3.63) is 57.6 Å². The first kappa shape index (κ1) is 23.8. The first-order chi connectivity index (χ1) is 15.2. The van der Waals surface area contributed by atoms with Gasteiger partial charge in [-0.15, -0.1) is 11.3 Å². The Morgan fingerprint density at radius 1 is 1.28 bits per heavy atom. The second-order valence-electron chi connectivity index (χ2n) is 7.20. The van der Waals surface area contributed by atoms with Gasteiger partial charge in [-0.05, 0) is 68.0 Å². The number of anilines is 1. The molecule has 0 unspecified atom stereocenters. The molecule has 0 saturated carbocycles. The Morgan fingerprint density at radius 3 is 2.56 bits per heavy atom. The summed E-state index contributed by atoms with van der Waals surface area (Å²) in [5, 5.41) is 9.68. The summed E-state index contributed by atoms with van der Waals surface area (Å²) >= 11 is 6.61. The normalized spacial score (nSPS) is 12.2. The van der Waals surface area contributed by atoms with Crippen molar-refractivity contribution in [2.75, 3.05) is 11.4 Å². The van der Waals surface area contributed by atoms with E-state index in [9.17, 15) is 18.5 Å². The lowest BCUT2D eigenvalue weighted by Gasteiger charge is -2.26. The maximum absolute atomic E-state index is 13.3. The van der Waals surface area contributed by atoms with E-state index in [4.69, 9.17) is 12.2 Å². The molecule has 10 heteroatoms. The minimum absolute atomic E-state index is 0.0530. The van der Waals surface area contributed by atoms with Gasteiger partial charge < -0.3 is 9.88 Å². The molecule has 1 amide bonds. The second kappa shape index (κ2) is 9.75. The van der Waals surface area contributed by atoms with Gasteiger partial charge in [-0.3, -0.25) is 4.79 Å². The fourth-order valence-electron chi connectivity index (χ4n) is 3.19. The number of fused-ring (bicyclic) bond motifs is 1. The number of nitriles is 1. The van der Waals surface area contributed by atoms with Gasteiger partial charge in [0.1, 0.15) is 11.6 Å². The maximum atomic E-state index is 13.3. The van der Waals surface area contributed by atoms with Crippen LogP contribution in [0.25, 0.3) is 16.3 Å². The SMILES string of the molecule is CCNS(=O)(=O)c1ccc(C=C(C#N)C(=O)N(c2ccc3[nH]c(=S)sc3c2)C(C)C)cc1. The van der Waals surface area contributed by atoms with Gasteiger partial charge in [-0.2, -0.15) is 5.26 Å². The van der Waals surface area contributed by atoms with E-state index in [1.54, 1.807) is 24.0 Å². The third-order valence-electron chi connectivity index (χ3n) is 4.60. The van der Waals surface area contributed by atoms with Gasteiger partial charge in [0.05, 0.1) is 15.1 Å². The second-order valence-corrected chi connectivity index (χ2v) is 10.7. The van der Waals surface area contributed by atoms with Crippen molar-refractivity contribution in [1.29, 1.82) is 5.26 Å². The van der Waals surface area contributed by atoms with E-state index in [-0.39, 0.29) is 23.1 Å². The topological polar surface area (TPSA) is 106 Å². The molecule has 0 fully saturated rings. The Hall–Kier alpha value is -2.84. The quantitative estimate of drug-likeness (QED) is 0.288. The van der Waals surface area contributed by atoms with Gasteiger partial charge >= 0.3 is 0 Å². The van der Waals surface area contributed by atoms with Crippen LogP contribution in [0.5, 0.6) is 0 Å². The van der Waals surface area contributed by atoms with Crippen LogP contribution in [0.3, 0.4) is 0 Å². The van der Waals surface area contributed by atoms with Crippen molar-refractivity contribution in [3.63, 3.8) is 0 Å². The number of hydrogen-bond donors (Lipinski definition) is 2. The number of rotatable bonds is 7. The van der Waals surface area contributed by atoms with Crippen molar-refractivity contribution in [1.82, 2.24) is 9.71 Å². The van der Waals surface area contributed by atoms with Crippen molar-refractivity contribution in [2.45, 2.75) is 31.7 Å². The van der Waals surface area contributed by atoms with E-state index in [2.05, 4.69) is 9.71 Å².